The molecule has 1 amide bonds. The summed E-state index contributed by atoms with van der Waals surface area (Å²) in [6.45, 7) is 4.58. The van der Waals surface area contributed by atoms with E-state index in [9.17, 15) is 13.2 Å². The highest BCUT2D eigenvalue weighted by atomic mass is 32.2. The lowest BCUT2D eigenvalue weighted by molar-refractivity contribution is 0.0995. The molecule has 0 saturated carbocycles. The van der Waals surface area contributed by atoms with Gasteiger partial charge in [-0.05, 0) is 37.8 Å². The molecule has 1 aromatic carbocycles. The summed E-state index contributed by atoms with van der Waals surface area (Å²) in [4.78, 5) is 17.0. The van der Waals surface area contributed by atoms with E-state index in [2.05, 4.69) is 10.3 Å². The van der Waals surface area contributed by atoms with Crippen molar-refractivity contribution in [2.75, 3.05) is 18.4 Å². The van der Waals surface area contributed by atoms with Crippen molar-refractivity contribution < 1.29 is 17.6 Å². The number of thiazole rings is 1. The average Bonchev–Trinajstić information content (AvgIpc) is 3.24. The summed E-state index contributed by atoms with van der Waals surface area (Å²) in [5, 5.41) is 3.13. The summed E-state index contributed by atoms with van der Waals surface area (Å²) in [6.07, 6.45) is 1.86. The maximum atomic E-state index is 13.0. The fraction of sp³-hybridized carbons (Fsp3) is 0.368. The first kappa shape index (κ1) is 19.1. The molecule has 3 aromatic rings. The van der Waals surface area contributed by atoms with Crippen LogP contribution in [-0.2, 0) is 10.0 Å². The number of nitrogens with zero attached hydrogens (tertiary/aromatic N) is 2. The second kappa shape index (κ2) is 7.31. The maximum absolute atomic E-state index is 13.0. The van der Waals surface area contributed by atoms with E-state index >= 15 is 0 Å². The second-order valence-electron chi connectivity index (χ2n) is 7.08. The second-order valence-corrected chi connectivity index (χ2v) is 10.0. The largest absolute Gasteiger partial charge is 0.455 e. The molecule has 0 radical (unpaired) electrons. The van der Waals surface area contributed by atoms with Gasteiger partial charge in [0.05, 0.1) is 10.2 Å². The van der Waals surface area contributed by atoms with Crippen molar-refractivity contribution in [3.05, 3.63) is 41.9 Å². The van der Waals surface area contributed by atoms with Crippen molar-refractivity contribution in [2.24, 2.45) is 5.92 Å². The number of carbonyl (C=O) groups is 1. The average molecular weight is 420 g/mol. The minimum absolute atomic E-state index is 0.0413. The SMILES string of the molecule is Cc1oc(C(=O)Nc2nc3ccccc3s2)cc1S(=O)(=O)N1CCC[C@H](C)C1. The van der Waals surface area contributed by atoms with E-state index in [1.807, 2.05) is 31.2 Å². The van der Waals surface area contributed by atoms with Gasteiger partial charge in [-0.3, -0.25) is 10.1 Å². The number of nitrogens with one attached hydrogen (secondary N) is 1. The lowest BCUT2D eigenvalue weighted by Gasteiger charge is -2.29. The number of aryl methyl sites for hydroxylation is 1. The molecule has 1 atom stereocenters. The molecule has 1 aliphatic rings. The summed E-state index contributed by atoms with van der Waals surface area (Å²) in [5.74, 6) is -0.0266. The van der Waals surface area contributed by atoms with Crippen molar-refractivity contribution in [2.45, 2.75) is 31.6 Å². The van der Waals surface area contributed by atoms with E-state index in [1.165, 1.54) is 21.7 Å². The van der Waals surface area contributed by atoms with Gasteiger partial charge in [0.2, 0.25) is 10.0 Å². The number of hydrogen-bond donors (Lipinski definition) is 1. The molecule has 0 unspecified atom stereocenters. The highest BCUT2D eigenvalue weighted by Crippen LogP contribution is 2.29. The Morgan fingerprint density at radius 2 is 2.14 bits per heavy atom. The molecule has 148 valence electrons. The monoisotopic (exact) mass is 419 g/mol. The van der Waals surface area contributed by atoms with Crippen LogP contribution in [0.4, 0.5) is 5.13 Å². The van der Waals surface area contributed by atoms with Crippen molar-refractivity contribution in [3.8, 4) is 0 Å². The van der Waals surface area contributed by atoms with Crippen molar-refractivity contribution in [1.82, 2.24) is 9.29 Å². The van der Waals surface area contributed by atoms with Gasteiger partial charge in [-0.25, -0.2) is 13.4 Å². The molecule has 9 heteroatoms. The van der Waals surface area contributed by atoms with Gasteiger partial charge < -0.3 is 4.42 Å². The molecule has 28 heavy (non-hydrogen) atoms. The first-order chi connectivity index (χ1) is 13.3. The Bertz CT molecular complexity index is 1100. The van der Waals surface area contributed by atoms with Crippen LogP contribution >= 0.6 is 11.3 Å². The van der Waals surface area contributed by atoms with Crippen LogP contribution in [0.2, 0.25) is 0 Å². The van der Waals surface area contributed by atoms with Gasteiger partial charge in [0.25, 0.3) is 5.91 Å². The molecular weight excluding hydrogens is 398 g/mol. The van der Waals surface area contributed by atoms with Crippen LogP contribution < -0.4 is 5.32 Å². The Balaban J connectivity index is 1.57. The number of benzene rings is 1. The van der Waals surface area contributed by atoms with E-state index in [-0.39, 0.29) is 16.4 Å². The zero-order valence-corrected chi connectivity index (χ0v) is 17.3. The summed E-state index contributed by atoms with van der Waals surface area (Å²) in [5.41, 5.74) is 0.793. The molecule has 4 rings (SSSR count). The molecule has 0 bridgehead atoms. The highest BCUT2D eigenvalue weighted by molar-refractivity contribution is 7.89. The number of furan rings is 1. The third-order valence-corrected chi connectivity index (χ3v) is 7.77. The number of fused-ring (bicyclic) bond motifs is 1. The number of amides is 1. The predicted octanol–water partition coefficient (Wildman–Crippen LogP) is 3.87. The normalized spacial score (nSPS) is 18.4. The van der Waals surface area contributed by atoms with Gasteiger partial charge in [0.1, 0.15) is 10.7 Å². The molecule has 1 saturated heterocycles. The molecule has 2 aromatic heterocycles. The zero-order chi connectivity index (χ0) is 19.9. The Morgan fingerprint density at radius 1 is 1.36 bits per heavy atom. The van der Waals surface area contributed by atoms with Gasteiger partial charge >= 0.3 is 0 Å². The fourth-order valence-electron chi connectivity index (χ4n) is 3.42. The fourth-order valence-corrected chi connectivity index (χ4v) is 6.04. The quantitative estimate of drug-likeness (QED) is 0.693. The number of piperidine rings is 1. The van der Waals surface area contributed by atoms with Crippen LogP contribution in [0.5, 0.6) is 0 Å². The summed E-state index contributed by atoms with van der Waals surface area (Å²) >= 11 is 1.35. The van der Waals surface area contributed by atoms with Crippen molar-refractivity contribution in [3.63, 3.8) is 0 Å². The zero-order valence-electron chi connectivity index (χ0n) is 15.6. The number of carbonyl (C=O) groups excluding carboxylic acids is 1. The molecule has 1 aliphatic heterocycles. The molecule has 7 nitrogen and oxygen atoms in total. The molecule has 1 N–H and O–H groups in total. The van der Waals surface area contributed by atoms with Crippen LogP contribution in [0.1, 0.15) is 36.1 Å². The van der Waals surface area contributed by atoms with Crippen molar-refractivity contribution >= 4 is 42.6 Å². The third kappa shape index (κ3) is 3.57. The Kier molecular flexibility index (Phi) is 4.98. The molecule has 1 fully saturated rings. The lowest BCUT2D eigenvalue weighted by atomic mass is 10.0. The number of para-hydroxylation sites is 1. The van der Waals surface area contributed by atoms with E-state index in [0.29, 0.717) is 24.1 Å². The first-order valence-corrected chi connectivity index (χ1v) is 11.4. The van der Waals surface area contributed by atoms with Crippen LogP contribution in [0.3, 0.4) is 0 Å². The summed E-state index contributed by atoms with van der Waals surface area (Å²) in [6, 6.07) is 8.88. The Morgan fingerprint density at radius 3 is 2.89 bits per heavy atom. The Hall–Kier alpha value is -2.23. The summed E-state index contributed by atoms with van der Waals surface area (Å²) < 4.78 is 33.9. The number of sulfonamides is 1. The minimum Gasteiger partial charge on any atom is -0.455 e. The van der Waals surface area contributed by atoms with E-state index in [0.717, 1.165) is 23.1 Å². The Labute approximate surface area is 167 Å². The summed E-state index contributed by atoms with van der Waals surface area (Å²) in [7, 11) is -3.69. The number of rotatable bonds is 4. The number of hydrogen-bond acceptors (Lipinski definition) is 6. The standard InChI is InChI=1S/C19H21N3O4S2/c1-12-6-5-9-22(11-12)28(24,25)17-10-15(26-13(17)2)18(23)21-19-20-14-7-3-4-8-16(14)27-19/h3-4,7-8,10,12H,5-6,9,11H2,1-2H3,(H,20,21,23)/t12-/m0/s1. The van der Waals surface area contributed by atoms with Gasteiger partial charge in [0.15, 0.2) is 10.9 Å². The number of anilines is 1. The van der Waals surface area contributed by atoms with E-state index in [1.54, 1.807) is 6.92 Å². The van der Waals surface area contributed by atoms with Crippen LogP contribution in [0.15, 0.2) is 39.6 Å². The lowest BCUT2D eigenvalue weighted by Crippen LogP contribution is -2.39. The topological polar surface area (TPSA) is 92.5 Å². The third-order valence-electron chi connectivity index (χ3n) is 4.85. The van der Waals surface area contributed by atoms with Gasteiger partial charge in [-0.15, -0.1) is 0 Å². The molecule has 0 aliphatic carbocycles. The van der Waals surface area contributed by atoms with E-state index in [4.69, 9.17) is 4.42 Å². The predicted molar refractivity (Wildman–Crippen MR) is 108 cm³/mol. The van der Waals surface area contributed by atoms with Gasteiger partial charge in [-0.2, -0.15) is 4.31 Å². The highest BCUT2D eigenvalue weighted by Gasteiger charge is 2.32. The van der Waals surface area contributed by atoms with E-state index < -0.39 is 15.9 Å². The van der Waals surface area contributed by atoms with Crippen molar-refractivity contribution in [1.29, 1.82) is 0 Å². The molecular formula is C19H21N3O4S2. The van der Waals surface area contributed by atoms with Crippen LogP contribution in [0.25, 0.3) is 10.2 Å². The van der Waals surface area contributed by atoms with Gasteiger partial charge in [-0.1, -0.05) is 30.4 Å². The number of aromatic nitrogens is 1. The van der Waals surface area contributed by atoms with Gasteiger partial charge in [0, 0.05) is 19.2 Å². The first-order valence-electron chi connectivity index (χ1n) is 9.12. The van der Waals surface area contributed by atoms with Crippen LogP contribution in [-0.4, -0.2) is 36.7 Å². The molecule has 0 spiro atoms. The minimum atomic E-state index is -3.69. The molecule has 3 heterocycles. The van der Waals surface area contributed by atoms with Crippen LogP contribution in [0, 0.1) is 12.8 Å². The maximum Gasteiger partial charge on any atom is 0.293 e. The smallest absolute Gasteiger partial charge is 0.293 e.